The largest absolute Gasteiger partial charge is 0.383 e. The molecule has 6 amide bonds. The Morgan fingerprint density at radius 1 is 0.367 bits per heavy atom. The smallest absolute Gasteiger partial charge is 0.242 e. The van der Waals surface area contributed by atoms with Crippen LogP contribution in [0.4, 0.5) is 0 Å². The molecule has 150 heavy (non-hydrogen) atoms. The van der Waals surface area contributed by atoms with E-state index in [0.717, 1.165) is 116 Å². The Bertz CT molecular complexity index is 5330. The zero-order valence-corrected chi connectivity index (χ0v) is 91.3. The Kier molecular flexibility index (Phi) is 40.3. The molecule has 5 N–H and O–H groups in total. The molecule has 38 nitrogen and oxygen atoms in total. The SMILES string of the molecule is C.COCCN(CC(C)=O)C(=O)CN(CCOC)C(=O)CC(CCCn1cc([C@]2(O)CCC3C4CCC5=CC(=O)CC[C@]5(C)C4CC[C@@]32C)nn1)C(=O)CN(CCOC)C(=O)CN(CCOC)C(=O)CNCCCn1cc([C@]2(O)CCC3C4CCC5=CC(=O)CC[C@]5(C)C4CC[C@@]32C)nn1.COCCN(CC(C)=O)C(=O)CN(CCOC)C(=O)CNCCCn1cc([C@]2(O)CCC3C4CCC5=CC(=O)CC[C@]5(C)C4CC[C@@]32C)nn1. The lowest BCUT2D eigenvalue weighted by atomic mass is 9.46. The van der Waals surface area contributed by atoms with Gasteiger partial charge < -0.3 is 83.8 Å². The van der Waals surface area contributed by atoms with Gasteiger partial charge in [-0.25, -0.2) is 0 Å². The van der Waals surface area contributed by atoms with Crippen molar-refractivity contribution in [3.8, 4) is 0 Å². The van der Waals surface area contributed by atoms with Crippen LogP contribution in [0.25, 0.3) is 0 Å². The summed E-state index contributed by atoms with van der Waals surface area (Å²) in [7, 11) is 9.02. The molecule has 0 aliphatic heterocycles. The van der Waals surface area contributed by atoms with E-state index in [2.05, 4.69) is 83.1 Å². The number of nitrogens with zero attached hydrogens (tertiary/aromatic N) is 15. The number of aromatic nitrogens is 9. The molecule has 12 aliphatic rings. The maximum Gasteiger partial charge on any atom is 0.242 e. The molecule has 38 heteroatoms. The number of amides is 6. The van der Waals surface area contributed by atoms with Crippen LogP contribution in [-0.4, -0.2) is 347 Å². The van der Waals surface area contributed by atoms with Gasteiger partial charge in [0.2, 0.25) is 35.4 Å². The topological polar surface area (TPSA) is 457 Å². The van der Waals surface area contributed by atoms with Gasteiger partial charge in [0.1, 0.15) is 45.5 Å². The minimum atomic E-state index is -1.22. The fourth-order valence-corrected chi connectivity index (χ4v) is 29.9. The first-order chi connectivity index (χ1) is 71.1. The third-order valence-corrected chi connectivity index (χ3v) is 38.7. The molecule has 834 valence electrons. The number of carbonyl (C=O) groups is 12. The Morgan fingerprint density at radius 3 is 0.947 bits per heavy atom. The Balaban J connectivity index is 0.000000308. The zero-order chi connectivity index (χ0) is 107. The Labute approximate surface area is 886 Å². The maximum absolute atomic E-state index is 15.0. The summed E-state index contributed by atoms with van der Waals surface area (Å²) in [6, 6.07) is 0. The van der Waals surface area contributed by atoms with Crippen LogP contribution in [0.3, 0.4) is 0 Å². The van der Waals surface area contributed by atoms with Crippen LogP contribution in [0.1, 0.15) is 266 Å². The summed E-state index contributed by atoms with van der Waals surface area (Å²) >= 11 is 0. The van der Waals surface area contributed by atoms with E-state index in [1.165, 1.54) is 95.5 Å². The van der Waals surface area contributed by atoms with Crippen molar-refractivity contribution in [2.45, 2.75) is 285 Å². The third-order valence-electron chi connectivity index (χ3n) is 38.7. The van der Waals surface area contributed by atoms with Gasteiger partial charge >= 0.3 is 0 Å². The highest BCUT2D eigenvalue weighted by molar-refractivity contribution is 5.95. The first kappa shape index (κ1) is 118. The summed E-state index contributed by atoms with van der Waals surface area (Å²) in [5.41, 5.74) is 1.45. The van der Waals surface area contributed by atoms with E-state index in [4.69, 9.17) is 28.4 Å². The number of aryl methyl sites for hydroxylation is 3. The van der Waals surface area contributed by atoms with Crippen molar-refractivity contribution in [3.05, 3.63) is 70.6 Å². The fraction of sp³-hybridized carbons (Fsp3) is 0.786. The Morgan fingerprint density at radius 2 is 0.647 bits per heavy atom. The number of rotatable bonds is 52. The predicted molar refractivity (Wildman–Crippen MR) is 558 cm³/mol. The van der Waals surface area contributed by atoms with Crippen LogP contribution < -0.4 is 10.6 Å². The summed E-state index contributed by atoms with van der Waals surface area (Å²) in [5.74, 6) is 0.580. The van der Waals surface area contributed by atoms with Crippen molar-refractivity contribution >= 4 is 70.1 Å². The van der Waals surface area contributed by atoms with Crippen LogP contribution in [0.15, 0.2) is 53.5 Å². The van der Waals surface area contributed by atoms with Gasteiger partial charge in [0.05, 0.1) is 111 Å². The molecule has 12 aliphatic carbocycles. The number of hydrogen-bond acceptors (Lipinski definition) is 29. The number of methoxy groups -OCH3 is 6. The van der Waals surface area contributed by atoms with E-state index in [1.54, 1.807) is 21.2 Å². The van der Waals surface area contributed by atoms with Crippen LogP contribution in [0.5, 0.6) is 0 Å². The number of nitrogens with one attached hydrogen (secondary N) is 2. The van der Waals surface area contributed by atoms with Crippen LogP contribution in [-0.2, 0) is 122 Å². The summed E-state index contributed by atoms with van der Waals surface area (Å²) < 4.78 is 36.9. The fourth-order valence-electron chi connectivity index (χ4n) is 29.9. The van der Waals surface area contributed by atoms with Gasteiger partial charge in [0.15, 0.2) is 23.1 Å². The number of aliphatic hydroxyl groups is 3. The van der Waals surface area contributed by atoms with Crippen LogP contribution in [0, 0.1) is 91.7 Å². The summed E-state index contributed by atoms with van der Waals surface area (Å²) in [6.45, 7) is 19.2. The van der Waals surface area contributed by atoms with E-state index >= 15 is 0 Å². The molecule has 3 aromatic heterocycles. The third kappa shape index (κ3) is 25.2. The zero-order valence-electron chi connectivity index (χ0n) is 91.3. The van der Waals surface area contributed by atoms with Gasteiger partial charge in [-0.15, -0.1) is 15.3 Å². The minimum absolute atomic E-state index is 0. The molecule has 3 heterocycles. The molecule has 0 aromatic carbocycles. The molecular weight excluding hydrogens is 1920 g/mol. The highest BCUT2D eigenvalue weighted by Crippen LogP contribution is 2.73. The average Bonchev–Trinajstić information content (AvgIpc) is 1.59. The number of allylic oxidation sites excluding steroid dienone is 3. The van der Waals surface area contributed by atoms with E-state index in [-0.39, 0.29) is 218 Å². The van der Waals surface area contributed by atoms with Crippen molar-refractivity contribution < 1.29 is 101 Å². The second-order valence-corrected chi connectivity index (χ2v) is 46.9. The molecule has 9 fully saturated rings. The molecule has 0 saturated heterocycles. The summed E-state index contributed by atoms with van der Waals surface area (Å²) in [6.07, 6.45) is 33.7. The number of hydrogen-bond donors (Lipinski definition) is 5. The van der Waals surface area contributed by atoms with Crippen molar-refractivity contribution in [1.82, 2.24) is 85.0 Å². The molecule has 10 unspecified atom stereocenters. The van der Waals surface area contributed by atoms with Crippen LogP contribution in [0.2, 0.25) is 0 Å². The molecule has 3 aromatic rings. The van der Waals surface area contributed by atoms with E-state index in [1.807, 2.05) is 36.8 Å². The van der Waals surface area contributed by atoms with Gasteiger partial charge in [-0.2, -0.15) is 0 Å². The number of carbonyl (C=O) groups excluding carboxylic acids is 12. The number of ketones is 6. The quantitative estimate of drug-likeness (QED) is 0.0329. The molecule has 15 rings (SSSR count). The van der Waals surface area contributed by atoms with Crippen molar-refractivity contribution in [3.63, 3.8) is 0 Å². The first-order valence-corrected chi connectivity index (χ1v) is 55.3. The van der Waals surface area contributed by atoms with E-state index in [0.29, 0.717) is 162 Å². The maximum atomic E-state index is 15.0. The lowest BCUT2D eigenvalue weighted by molar-refractivity contribution is -0.145. The van der Waals surface area contributed by atoms with Gasteiger partial charge in [0, 0.05) is 149 Å². The molecule has 19 atom stereocenters. The van der Waals surface area contributed by atoms with Gasteiger partial charge in [0.25, 0.3) is 0 Å². The Hall–Kier alpha value is -8.96. The average molecular weight is 2100 g/mol. The lowest BCUT2D eigenvalue weighted by Crippen LogP contribution is -2.53. The highest BCUT2D eigenvalue weighted by atomic mass is 16.5. The number of Topliss-reactive ketones (excluding diaryl/α,β-unsaturated/α-hetero) is 3. The molecule has 0 spiro atoms. The molecule has 0 radical (unpaired) electrons. The predicted octanol–water partition coefficient (Wildman–Crippen LogP) is 8.99. The highest BCUT2D eigenvalue weighted by Gasteiger charge is 2.69. The minimum Gasteiger partial charge on any atom is -0.383 e. The number of ether oxygens (including phenoxy) is 6. The monoisotopic (exact) mass is 2090 g/mol. The van der Waals surface area contributed by atoms with Crippen LogP contribution >= 0.6 is 0 Å². The first-order valence-electron chi connectivity index (χ1n) is 55.3. The molecule has 0 bridgehead atoms. The second-order valence-electron chi connectivity index (χ2n) is 46.9. The van der Waals surface area contributed by atoms with Gasteiger partial charge in [-0.3, -0.25) is 71.6 Å². The second kappa shape index (κ2) is 51.2. The van der Waals surface area contributed by atoms with Crippen molar-refractivity contribution in [2.75, 3.05) is 187 Å². The summed E-state index contributed by atoms with van der Waals surface area (Å²) in [5, 5.41) is 71.3. The molecule has 9 saturated carbocycles. The van der Waals surface area contributed by atoms with E-state index < -0.39 is 58.2 Å². The van der Waals surface area contributed by atoms with Crippen molar-refractivity contribution in [1.29, 1.82) is 0 Å². The standard InChI is InChI=1S/C74H113N11O14.C37H58N6O7.CH4/c1-50(86)44-80(32-36-96-6)67(92)48-82(34-38-98-8)65(90)40-51(12-10-30-84-46-63(76-78-84)73(94)27-21-60-56-15-13-52-41-54(87)17-23-69(52,2)58(56)19-25-71(60,73)4)62(89)45-81(33-37-97-7)68(93)49-83(35-39-99-9)66(91)43-75-29-11-31-85-47-64(77-79-85)74(95)28-22-61-57-16-14-53-42-55(88)18-24-70(53,3)59(57)20-26-72(61,74)5;1-26(44)23-41(17-19-49-4)34(47)25-42(18-20-50-5)33(46)22-38-15-6-16-43-24-32(39-40-43)37(48)14-11-31-29-8-7-27-21-28(45)9-12-35(27,2)30(29)10-13-36(31,37)3;/h41-42,46-47,51,56-61,75,94-95H,10-40,43-45,48-49H2,1-9H3;21,24,29-31,38,48H,6-20,22-23,25H2,1-5H3;1H4/t51?,56?,57?,58?,59?,60?,61?,69-,70-,71-,72-,73+,74+;29?,30?,31?,35-,36-,37+;/m00./s1. The van der Waals surface area contributed by atoms with Gasteiger partial charge in [-0.1, -0.05) is 81.3 Å². The summed E-state index contributed by atoms with van der Waals surface area (Å²) in [4.78, 5) is 167. The van der Waals surface area contributed by atoms with Gasteiger partial charge in [-0.05, 0) is 275 Å². The van der Waals surface area contributed by atoms with Crippen molar-refractivity contribution in [2.24, 2.45) is 91.7 Å². The lowest BCUT2D eigenvalue weighted by Gasteiger charge is -2.59. The van der Waals surface area contributed by atoms with E-state index in [9.17, 15) is 72.9 Å². The normalized spacial score (nSPS) is 30.5. The number of fused-ring (bicyclic) bond motifs is 15. The molecular formula is C112H175N17O21.